The Bertz CT molecular complexity index is 463. The summed E-state index contributed by atoms with van der Waals surface area (Å²) in [5, 5.41) is 1.77. The second kappa shape index (κ2) is 2.73. The molecule has 2 N–H and O–H groups in total. The van der Waals surface area contributed by atoms with Crippen LogP contribution in [0.25, 0.3) is 10.8 Å². The van der Waals surface area contributed by atoms with E-state index in [0.29, 0.717) is 5.69 Å². The van der Waals surface area contributed by atoms with Crippen LogP contribution in [0.4, 0.5) is 10.1 Å². The Hall–Kier alpha value is -1.57. The van der Waals surface area contributed by atoms with Crippen molar-refractivity contribution in [1.29, 1.82) is 0 Å². The zero-order valence-corrected chi connectivity index (χ0v) is 7.34. The number of halogens is 1. The summed E-state index contributed by atoms with van der Waals surface area (Å²) in [4.78, 5) is 0. The van der Waals surface area contributed by atoms with E-state index in [1.165, 1.54) is 12.1 Å². The molecule has 0 aliphatic rings. The summed E-state index contributed by atoms with van der Waals surface area (Å²) < 4.78 is 12.9. The first-order valence-corrected chi connectivity index (χ1v) is 4.12. The lowest BCUT2D eigenvalue weighted by Crippen LogP contribution is -1.89. The molecular weight excluding hydrogens is 165 g/mol. The van der Waals surface area contributed by atoms with Crippen LogP contribution in [0.2, 0.25) is 0 Å². The number of hydrogen-bond donors (Lipinski definition) is 1. The van der Waals surface area contributed by atoms with E-state index in [9.17, 15) is 4.39 Å². The van der Waals surface area contributed by atoms with Crippen molar-refractivity contribution in [3.8, 4) is 0 Å². The lowest BCUT2D eigenvalue weighted by molar-refractivity contribution is 0.630. The van der Waals surface area contributed by atoms with Gasteiger partial charge in [0.2, 0.25) is 0 Å². The molecule has 2 heteroatoms. The van der Waals surface area contributed by atoms with Gasteiger partial charge < -0.3 is 5.73 Å². The van der Waals surface area contributed by atoms with Crippen molar-refractivity contribution < 1.29 is 4.39 Å². The van der Waals surface area contributed by atoms with Gasteiger partial charge in [0.1, 0.15) is 5.82 Å². The van der Waals surface area contributed by atoms with Gasteiger partial charge in [0.05, 0.1) is 0 Å². The van der Waals surface area contributed by atoms with Crippen LogP contribution in [0.3, 0.4) is 0 Å². The van der Waals surface area contributed by atoms with E-state index < -0.39 is 0 Å². The van der Waals surface area contributed by atoms with Crippen molar-refractivity contribution in [3.63, 3.8) is 0 Å². The van der Waals surface area contributed by atoms with Crippen molar-refractivity contribution in [2.45, 2.75) is 6.92 Å². The highest BCUT2D eigenvalue weighted by Crippen LogP contribution is 2.23. The van der Waals surface area contributed by atoms with Gasteiger partial charge in [-0.3, -0.25) is 0 Å². The van der Waals surface area contributed by atoms with Crippen LogP contribution in [0.5, 0.6) is 0 Å². The number of fused-ring (bicyclic) bond motifs is 1. The van der Waals surface area contributed by atoms with Crippen LogP contribution < -0.4 is 5.73 Å². The molecule has 1 nitrogen and oxygen atoms in total. The highest BCUT2D eigenvalue weighted by Gasteiger charge is 2.00. The predicted molar refractivity (Wildman–Crippen MR) is 53.1 cm³/mol. The molecule has 0 radical (unpaired) electrons. The number of nitrogen functional groups attached to an aromatic ring is 1. The molecule has 13 heavy (non-hydrogen) atoms. The summed E-state index contributed by atoms with van der Waals surface area (Å²) in [6.45, 7) is 1.99. The number of nitrogens with two attached hydrogens (primary N) is 1. The van der Waals surface area contributed by atoms with Crippen LogP contribution in [0.1, 0.15) is 5.56 Å². The van der Waals surface area contributed by atoms with Crippen LogP contribution >= 0.6 is 0 Å². The van der Waals surface area contributed by atoms with Gasteiger partial charge in [0.15, 0.2) is 0 Å². The number of aryl methyl sites for hydroxylation is 1. The van der Waals surface area contributed by atoms with Crippen molar-refractivity contribution in [1.82, 2.24) is 0 Å². The van der Waals surface area contributed by atoms with Crippen molar-refractivity contribution >= 4 is 16.5 Å². The highest BCUT2D eigenvalue weighted by atomic mass is 19.1. The third-order valence-electron chi connectivity index (χ3n) is 2.11. The summed E-state index contributed by atoms with van der Waals surface area (Å²) in [5.41, 5.74) is 7.32. The van der Waals surface area contributed by atoms with Crippen molar-refractivity contribution in [3.05, 3.63) is 41.7 Å². The SMILES string of the molecule is Cc1ccc2cc(F)cc(N)c2c1. The zero-order chi connectivity index (χ0) is 9.42. The van der Waals surface area contributed by atoms with E-state index in [1.807, 2.05) is 25.1 Å². The molecule has 0 aromatic heterocycles. The molecule has 0 aliphatic carbocycles. The maximum absolute atomic E-state index is 12.9. The number of rotatable bonds is 0. The van der Waals surface area contributed by atoms with Gasteiger partial charge in [-0.2, -0.15) is 0 Å². The number of benzene rings is 2. The molecule has 2 aromatic carbocycles. The summed E-state index contributed by atoms with van der Waals surface area (Å²) in [6, 6.07) is 8.63. The molecule has 0 atom stereocenters. The lowest BCUT2D eigenvalue weighted by Gasteiger charge is -2.03. The molecule has 0 amide bonds. The maximum atomic E-state index is 12.9. The number of hydrogen-bond acceptors (Lipinski definition) is 1. The minimum absolute atomic E-state index is 0.283. The number of anilines is 1. The van der Waals surface area contributed by atoms with Crippen LogP contribution in [0.15, 0.2) is 30.3 Å². The average molecular weight is 175 g/mol. The van der Waals surface area contributed by atoms with E-state index in [4.69, 9.17) is 5.73 Å². The van der Waals surface area contributed by atoms with Gasteiger partial charge in [-0.1, -0.05) is 17.7 Å². The molecule has 2 aromatic rings. The molecule has 2 rings (SSSR count). The third kappa shape index (κ3) is 1.35. The Morgan fingerprint density at radius 2 is 1.92 bits per heavy atom. The van der Waals surface area contributed by atoms with Crippen LogP contribution in [-0.4, -0.2) is 0 Å². The van der Waals surface area contributed by atoms with E-state index in [-0.39, 0.29) is 5.82 Å². The molecule has 0 bridgehead atoms. The second-order valence-electron chi connectivity index (χ2n) is 3.22. The molecule has 0 spiro atoms. The first-order chi connectivity index (χ1) is 6.16. The van der Waals surface area contributed by atoms with E-state index in [0.717, 1.165) is 16.3 Å². The molecule has 0 saturated heterocycles. The molecule has 0 heterocycles. The van der Waals surface area contributed by atoms with Crippen molar-refractivity contribution in [2.75, 3.05) is 5.73 Å². The Morgan fingerprint density at radius 3 is 2.69 bits per heavy atom. The molecule has 0 unspecified atom stereocenters. The quantitative estimate of drug-likeness (QED) is 0.612. The molecule has 0 aliphatic heterocycles. The van der Waals surface area contributed by atoms with Gasteiger partial charge in [-0.05, 0) is 30.5 Å². The second-order valence-corrected chi connectivity index (χ2v) is 3.22. The predicted octanol–water partition coefficient (Wildman–Crippen LogP) is 2.87. The maximum Gasteiger partial charge on any atom is 0.125 e. The highest BCUT2D eigenvalue weighted by molar-refractivity contribution is 5.93. The fraction of sp³-hybridized carbons (Fsp3) is 0.0909. The minimum Gasteiger partial charge on any atom is -0.398 e. The first-order valence-electron chi connectivity index (χ1n) is 4.12. The summed E-state index contributed by atoms with van der Waals surface area (Å²) in [6.07, 6.45) is 0. The topological polar surface area (TPSA) is 26.0 Å². The molecule has 0 fully saturated rings. The Balaban J connectivity index is 2.87. The summed E-state index contributed by atoms with van der Waals surface area (Å²) >= 11 is 0. The first kappa shape index (κ1) is 8.05. The van der Waals surface area contributed by atoms with Crippen molar-refractivity contribution in [2.24, 2.45) is 0 Å². The zero-order valence-electron chi connectivity index (χ0n) is 7.34. The molecule has 66 valence electrons. The van der Waals surface area contributed by atoms with Gasteiger partial charge in [0.25, 0.3) is 0 Å². The average Bonchev–Trinajstić information content (AvgIpc) is 2.06. The van der Waals surface area contributed by atoms with Gasteiger partial charge in [-0.25, -0.2) is 4.39 Å². The summed E-state index contributed by atoms with van der Waals surface area (Å²) in [5.74, 6) is -0.283. The fourth-order valence-corrected chi connectivity index (χ4v) is 1.46. The van der Waals surface area contributed by atoms with Crippen LogP contribution in [0, 0.1) is 12.7 Å². The monoisotopic (exact) mass is 175 g/mol. The summed E-state index contributed by atoms with van der Waals surface area (Å²) in [7, 11) is 0. The van der Waals surface area contributed by atoms with Crippen LogP contribution in [-0.2, 0) is 0 Å². The standard InChI is InChI=1S/C11H10FN/c1-7-2-3-8-5-9(12)6-11(13)10(8)4-7/h2-6H,13H2,1H3. The van der Waals surface area contributed by atoms with Gasteiger partial charge in [-0.15, -0.1) is 0 Å². The molecular formula is C11H10FN. The Labute approximate surface area is 76.0 Å². The minimum atomic E-state index is -0.283. The van der Waals surface area contributed by atoms with Gasteiger partial charge >= 0.3 is 0 Å². The largest absolute Gasteiger partial charge is 0.398 e. The molecule has 0 saturated carbocycles. The smallest absolute Gasteiger partial charge is 0.125 e. The third-order valence-corrected chi connectivity index (χ3v) is 2.11. The van der Waals surface area contributed by atoms with E-state index in [2.05, 4.69) is 0 Å². The Morgan fingerprint density at radius 1 is 1.15 bits per heavy atom. The fourth-order valence-electron chi connectivity index (χ4n) is 1.46. The van der Waals surface area contributed by atoms with E-state index in [1.54, 1.807) is 0 Å². The van der Waals surface area contributed by atoms with E-state index >= 15 is 0 Å². The van der Waals surface area contributed by atoms with Gasteiger partial charge in [0, 0.05) is 11.1 Å². The Kier molecular flexibility index (Phi) is 1.69. The lowest BCUT2D eigenvalue weighted by atomic mass is 10.1. The normalized spacial score (nSPS) is 10.6.